The number of hydrogen-bond acceptors (Lipinski definition) is 4. The quantitative estimate of drug-likeness (QED) is 0.817. The van der Waals surface area contributed by atoms with Gasteiger partial charge in [0.05, 0.1) is 18.4 Å². The summed E-state index contributed by atoms with van der Waals surface area (Å²) in [6, 6.07) is 10.7. The van der Waals surface area contributed by atoms with Crippen molar-refractivity contribution >= 4 is 38.9 Å². The summed E-state index contributed by atoms with van der Waals surface area (Å²) >= 11 is 3.37. The van der Waals surface area contributed by atoms with Gasteiger partial charge < -0.3 is 20.7 Å². The highest BCUT2D eigenvalue weighted by molar-refractivity contribution is 9.10. The van der Waals surface area contributed by atoms with Gasteiger partial charge in [-0.25, -0.2) is 0 Å². The fourth-order valence-corrected chi connectivity index (χ4v) is 2.42. The summed E-state index contributed by atoms with van der Waals surface area (Å²) in [5.74, 6) is 0.342. The van der Waals surface area contributed by atoms with E-state index in [9.17, 15) is 4.79 Å². The van der Waals surface area contributed by atoms with Crippen molar-refractivity contribution < 1.29 is 9.53 Å². The van der Waals surface area contributed by atoms with Gasteiger partial charge in [-0.1, -0.05) is 15.9 Å². The second-order valence-electron chi connectivity index (χ2n) is 4.97. The molecule has 0 atom stereocenters. The highest BCUT2D eigenvalue weighted by Crippen LogP contribution is 2.29. The van der Waals surface area contributed by atoms with E-state index in [-0.39, 0.29) is 5.91 Å². The summed E-state index contributed by atoms with van der Waals surface area (Å²) < 4.78 is 6.16. The Morgan fingerprint density at radius 1 is 1.23 bits per heavy atom. The predicted molar refractivity (Wildman–Crippen MR) is 93.8 cm³/mol. The zero-order valence-electron chi connectivity index (χ0n) is 12.7. The molecule has 5 nitrogen and oxygen atoms in total. The normalized spacial score (nSPS) is 10.2. The van der Waals surface area contributed by atoms with Crippen molar-refractivity contribution in [3.05, 3.63) is 46.4 Å². The third-order valence-corrected chi connectivity index (χ3v) is 3.65. The third-order valence-electron chi connectivity index (χ3n) is 3.16. The number of nitrogen functional groups attached to an aromatic ring is 1. The average molecular weight is 364 g/mol. The molecular weight excluding hydrogens is 346 g/mol. The minimum Gasteiger partial charge on any atom is -0.495 e. The Labute approximate surface area is 138 Å². The van der Waals surface area contributed by atoms with E-state index in [2.05, 4.69) is 21.2 Å². The number of rotatable bonds is 4. The number of benzene rings is 2. The molecule has 2 aromatic carbocycles. The fraction of sp³-hybridized carbons (Fsp3) is 0.188. The highest BCUT2D eigenvalue weighted by Gasteiger charge is 2.15. The van der Waals surface area contributed by atoms with Crippen molar-refractivity contribution in [1.82, 2.24) is 0 Å². The molecule has 0 spiro atoms. The van der Waals surface area contributed by atoms with Crippen LogP contribution in [0.25, 0.3) is 0 Å². The molecule has 0 saturated heterocycles. The lowest BCUT2D eigenvalue weighted by Crippen LogP contribution is -2.19. The number of carbonyl (C=O) groups is 1. The Hall–Kier alpha value is -2.21. The first kappa shape index (κ1) is 16.2. The average Bonchev–Trinajstić information content (AvgIpc) is 2.48. The minimum atomic E-state index is -0.239. The van der Waals surface area contributed by atoms with Crippen LogP contribution in [-0.2, 0) is 0 Å². The van der Waals surface area contributed by atoms with E-state index >= 15 is 0 Å². The number of anilines is 3. The van der Waals surface area contributed by atoms with Crippen molar-refractivity contribution in [3.8, 4) is 5.75 Å². The molecule has 3 N–H and O–H groups in total. The Bertz CT molecular complexity index is 702. The van der Waals surface area contributed by atoms with E-state index < -0.39 is 0 Å². The number of methoxy groups -OCH3 is 1. The molecule has 116 valence electrons. The van der Waals surface area contributed by atoms with Gasteiger partial charge >= 0.3 is 0 Å². The van der Waals surface area contributed by atoms with E-state index in [1.165, 1.54) is 0 Å². The Morgan fingerprint density at radius 2 is 1.95 bits per heavy atom. The number of amides is 1. The van der Waals surface area contributed by atoms with Crippen LogP contribution in [0.3, 0.4) is 0 Å². The molecule has 0 radical (unpaired) electrons. The van der Waals surface area contributed by atoms with Crippen LogP contribution in [0.1, 0.15) is 10.4 Å². The van der Waals surface area contributed by atoms with Crippen molar-refractivity contribution in [3.63, 3.8) is 0 Å². The van der Waals surface area contributed by atoms with Gasteiger partial charge in [0.25, 0.3) is 5.91 Å². The van der Waals surface area contributed by atoms with Crippen LogP contribution in [-0.4, -0.2) is 27.1 Å². The lowest BCUT2D eigenvalue weighted by atomic mass is 10.1. The molecule has 0 saturated carbocycles. The SMILES string of the molecule is COc1cc(Br)ccc1NC(=O)c1cc(N)ccc1N(C)C. The van der Waals surface area contributed by atoms with Crippen molar-refractivity contribution in [2.24, 2.45) is 0 Å². The summed E-state index contributed by atoms with van der Waals surface area (Å²) in [7, 11) is 5.31. The van der Waals surface area contributed by atoms with E-state index in [4.69, 9.17) is 10.5 Å². The predicted octanol–water partition coefficient (Wildman–Crippen LogP) is 3.36. The van der Waals surface area contributed by atoms with Crippen molar-refractivity contribution in [2.75, 3.05) is 37.2 Å². The molecular formula is C16H18BrN3O2. The van der Waals surface area contributed by atoms with Crippen LogP contribution in [0, 0.1) is 0 Å². The summed E-state index contributed by atoms with van der Waals surface area (Å²) in [4.78, 5) is 14.5. The van der Waals surface area contributed by atoms with Crippen molar-refractivity contribution in [1.29, 1.82) is 0 Å². The fourth-order valence-electron chi connectivity index (χ4n) is 2.08. The lowest BCUT2D eigenvalue weighted by molar-refractivity contribution is 0.102. The molecule has 0 bridgehead atoms. The van der Waals surface area contributed by atoms with Crippen molar-refractivity contribution in [2.45, 2.75) is 0 Å². The smallest absolute Gasteiger partial charge is 0.257 e. The van der Waals surface area contributed by atoms with E-state index in [1.807, 2.05) is 31.1 Å². The van der Waals surface area contributed by atoms with Crippen LogP contribution >= 0.6 is 15.9 Å². The van der Waals surface area contributed by atoms with E-state index in [0.717, 1.165) is 10.2 Å². The van der Waals surface area contributed by atoms with Gasteiger partial charge in [0.1, 0.15) is 5.75 Å². The van der Waals surface area contributed by atoms with Gasteiger partial charge in [-0.3, -0.25) is 4.79 Å². The number of hydrogen-bond donors (Lipinski definition) is 2. The molecule has 6 heteroatoms. The zero-order chi connectivity index (χ0) is 16.3. The molecule has 0 heterocycles. The van der Waals surface area contributed by atoms with Crippen LogP contribution < -0.4 is 20.7 Å². The van der Waals surface area contributed by atoms with Gasteiger partial charge in [0.15, 0.2) is 0 Å². The van der Waals surface area contributed by atoms with Crippen LogP contribution in [0.15, 0.2) is 40.9 Å². The molecule has 0 aliphatic heterocycles. The largest absolute Gasteiger partial charge is 0.495 e. The zero-order valence-corrected chi connectivity index (χ0v) is 14.3. The van der Waals surface area contributed by atoms with Gasteiger partial charge in [0.2, 0.25) is 0 Å². The molecule has 0 unspecified atom stereocenters. The third kappa shape index (κ3) is 3.51. The summed E-state index contributed by atoms with van der Waals surface area (Å²) in [6.07, 6.45) is 0. The second-order valence-corrected chi connectivity index (χ2v) is 5.89. The molecule has 0 aliphatic carbocycles. The Morgan fingerprint density at radius 3 is 2.59 bits per heavy atom. The summed E-state index contributed by atoms with van der Waals surface area (Å²) in [6.45, 7) is 0. The molecule has 1 amide bonds. The minimum absolute atomic E-state index is 0.239. The molecule has 0 aliphatic rings. The van der Waals surface area contributed by atoms with Crippen LogP contribution in [0.2, 0.25) is 0 Å². The number of nitrogens with two attached hydrogens (primary N) is 1. The standard InChI is InChI=1S/C16H18BrN3O2/c1-20(2)14-7-5-11(18)9-12(14)16(21)19-13-6-4-10(17)8-15(13)22-3/h4-9H,18H2,1-3H3,(H,19,21). The van der Waals surface area contributed by atoms with Gasteiger partial charge in [0, 0.05) is 29.9 Å². The summed E-state index contributed by atoms with van der Waals surface area (Å²) in [5.41, 5.74) is 8.25. The molecule has 2 aromatic rings. The lowest BCUT2D eigenvalue weighted by Gasteiger charge is -2.18. The molecule has 2 rings (SSSR count). The number of carbonyl (C=O) groups excluding carboxylic acids is 1. The first-order chi connectivity index (χ1) is 10.4. The first-order valence-corrected chi connectivity index (χ1v) is 7.43. The Balaban J connectivity index is 2.36. The topological polar surface area (TPSA) is 67.6 Å². The van der Waals surface area contributed by atoms with Crippen LogP contribution in [0.4, 0.5) is 17.1 Å². The number of nitrogens with zero attached hydrogens (tertiary/aromatic N) is 1. The van der Waals surface area contributed by atoms with Gasteiger partial charge in [-0.05, 0) is 36.4 Å². The number of halogens is 1. The van der Waals surface area contributed by atoms with E-state index in [1.54, 1.807) is 31.4 Å². The maximum absolute atomic E-state index is 12.6. The molecule has 22 heavy (non-hydrogen) atoms. The molecule has 0 aromatic heterocycles. The first-order valence-electron chi connectivity index (χ1n) is 6.64. The molecule has 0 fully saturated rings. The monoisotopic (exact) mass is 363 g/mol. The highest BCUT2D eigenvalue weighted by atomic mass is 79.9. The number of ether oxygens (including phenoxy) is 1. The maximum Gasteiger partial charge on any atom is 0.257 e. The second kappa shape index (κ2) is 6.70. The van der Waals surface area contributed by atoms with Gasteiger partial charge in [-0.2, -0.15) is 0 Å². The van der Waals surface area contributed by atoms with Gasteiger partial charge in [-0.15, -0.1) is 0 Å². The number of nitrogens with one attached hydrogen (secondary N) is 1. The van der Waals surface area contributed by atoms with Crippen LogP contribution in [0.5, 0.6) is 5.75 Å². The van der Waals surface area contributed by atoms with E-state index in [0.29, 0.717) is 22.7 Å². The maximum atomic E-state index is 12.6. The Kier molecular flexibility index (Phi) is 4.92. The summed E-state index contributed by atoms with van der Waals surface area (Å²) in [5, 5.41) is 2.86.